The van der Waals surface area contributed by atoms with Crippen LogP contribution in [0.1, 0.15) is 23.5 Å². The number of hydrogen-bond donors (Lipinski definition) is 1. The molecular formula is C19H20N2O. The lowest BCUT2D eigenvalue weighted by Crippen LogP contribution is -2.22. The zero-order valence-corrected chi connectivity index (χ0v) is 12.5. The standard InChI is InChI=1S/C19H20N2O/c22-19-10-15-12-21(11-14-6-2-1-3-7-14)13-17(15)16-8-4-5-9-18(16)20-19/h1-9,15,17H,10-13H2,(H,20,22)/t15-,17-/m0/s1. The molecule has 4 rings (SSSR count). The van der Waals surface area contributed by atoms with Crippen LogP contribution in [0.25, 0.3) is 0 Å². The van der Waals surface area contributed by atoms with E-state index in [9.17, 15) is 4.79 Å². The van der Waals surface area contributed by atoms with E-state index in [1.54, 1.807) is 0 Å². The fourth-order valence-corrected chi connectivity index (χ4v) is 3.86. The van der Waals surface area contributed by atoms with E-state index < -0.39 is 0 Å². The number of rotatable bonds is 2. The molecule has 1 amide bonds. The third-order valence-corrected chi connectivity index (χ3v) is 4.85. The zero-order valence-electron chi connectivity index (χ0n) is 12.5. The summed E-state index contributed by atoms with van der Waals surface area (Å²) in [6, 6.07) is 18.9. The second kappa shape index (κ2) is 5.58. The van der Waals surface area contributed by atoms with Crippen LogP contribution in [0.15, 0.2) is 54.6 Å². The number of likely N-dealkylation sites (tertiary alicyclic amines) is 1. The molecular weight excluding hydrogens is 272 g/mol. The van der Waals surface area contributed by atoms with Crippen LogP contribution in [0, 0.1) is 5.92 Å². The highest BCUT2D eigenvalue weighted by molar-refractivity contribution is 5.92. The van der Waals surface area contributed by atoms with E-state index in [0.29, 0.717) is 18.3 Å². The first kappa shape index (κ1) is 13.5. The van der Waals surface area contributed by atoms with Crippen LogP contribution in [0.4, 0.5) is 5.69 Å². The van der Waals surface area contributed by atoms with Crippen molar-refractivity contribution in [1.29, 1.82) is 0 Å². The molecule has 0 bridgehead atoms. The Labute approximate surface area is 131 Å². The number of fused-ring (bicyclic) bond motifs is 3. The largest absolute Gasteiger partial charge is 0.326 e. The van der Waals surface area contributed by atoms with Gasteiger partial charge in [-0.25, -0.2) is 0 Å². The van der Waals surface area contributed by atoms with E-state index in [-0.39, 0.29) is 5.91 Å². The van der Waals surface area contributed by atoms with Crippen LogP contribution < -0.4 is 5.32 Å². The highest BCUT2D eigenvalue weighted by atomic mass is 16.1. The summed E-state index contributed by atoms with van der Waals surface area (Å²) in [6.45, 7) is 3.00. The molecule has 22 heavy (non-hydrogen) atoms. The van der Waals surface area contributed by atoms with Gasteiger partial charge in [-0.05, 0) is 23.1 Å². The summed E-state index contributed by atoms with van der Waals surface area (Å²) in [5, 5.41) is 3.06. The first-order valence-electron chi connectivity index (χ1n) is 7.94. The number of nitrogens with zero attached hydrogens (tertiary/aromatic N) is 1. The zero-order chi connectivity index (χ0) is 14.9. The second-order valence-electron chi connectivity index (χ2n) is 6.39. The first-order chi connectivity index (χ1) is 10.8. The van der Waals surface area contributed by atoms with Crippen molar-refractivity contribution in [2.45, 2.75) is 18.9 Å². The molecule has 0 unspecified atom stereocenters. The fraction of sp³-hybridized carbons (Fsp3) is 0.316. The Morgan fingerprint density at radius 1 is 1.00 bits per heavy atom. The summed E-state index contributed by atoms with van der Waals surface area (Å²) >= 11 is 0. The van der Waals surface area contributed by atoms with Crippen molar-refractivity contribution in [3.8, 4) is 0 Å². The average molecular weight is 292 g/mol. The predicted octanol–water partition coefficient (Wildman–Crippen LogP) is 3.24. The van der Waals surface area contributed by atoms with Gasteiger partial charge < -0.3 is 5.32 Å². The number of carbonyl (C=O) groups excluding carboxylic acids is 1. The lowest BCUT2D eigenvalue weighted by molar-refractivity contribution is -0.116. The molecule has 112 valence electrons. The monoisotopic (exact) mass is 292 g/mol. The summed E-state index contributed by atoms with van der Waals surface area (Å²) in [4.78, 5) is 14.6. The fourth-order valence-electron chi connectivity index (χ4n) is 3.86. The van der Waals surface area contributed by atoms with Gasteiger partial charge in [0, 0.05) is 37.7 Å². The Bertz CT molecular complexity index is 683. The van der Waals surface area contributed by atoms with Gasteiger partial charge in [-0.3, -0.25) is 9.69 Å². The number of anilines is 1. The maximum Gasteiger partial charge on any atom is 0.224 e. The molecule has 2 atom stereocenters. The minimum atomic E-state index is 0.154. The number of amides is 1. The molecule has 2 aliphatic heterocycles. The Kier molecular flexibility index (Phi) is 3.43. The topological polar surface area (TPSA) is 32.3 Å². The van der Waals surface area contributed by atoms with Crippen molar-refractivity contribution in [2.24, 2.45) is 5.92 Å². The smallest absolute Gasteiger partial charge is 0.224 e. The number of para-hydroxylation sites is 1. The molecule has 1 fully saturated rings. The van der Waals surface area contributed by atoms with Gasteiger partial charge in [0.2, 0.25) is 5.91 Å². The third kappa shape index (κ3) is 2.53. The van der Waals surface area contributed by atoms with Crippen LogP contribution in [0.5, 0.6) is 0 Å². The summed E-state index contributed by atoms with van der Waals surface area (Å²) in [5.74, 6) is 1.03. The summed E-state index contributed by atoms with van der Waals surface area (Å²) in [5.41, 5.74) is 3.65. The van der Waals surface area contributed by atoms with E-state index in [2.05, 4.69) is 52.7 Å². The molecule has 2 aliphatic rings. The molecule has 0 radical (unpaired) electrons. The van der Waals surface area contributed by atoms with E-state index in [1.807, 2.05) is 12.1 Å². The van der Waals surface area contributed by atoms with Crippen molar-refractivity contribution in [3.05, 3.63) is 65.7 Å². The summed E-state index contributed by atoms with van der Waals surface area (Å²) in [7, 11) is 0. The van der Waals surface area contributed by atoms with Gasteiger partial charge in [0.25, 0.3) is 0 Å². The van der Waals surface area contributed by atoms with Gasteiger partial charge in [0.15, 0.2) is 0 Å². The van der Waals surface area contributed by atoms with E-state index in [0.717, 1.165) is 25.3 Å². The molecule has 3 nitrogen and oxygen atoms in total. The van der Waals surface area contributed by atoms with Crippen LogP contribution in [-0.4, -0.2) is 23.9 Å². The van der Waals surface area contributed by atoms with E-state index in [1.165, 1.54) is 11.1 Å². The van der Waals surface area contributed by atoms with Crippen molar-refractivity contribution < 1.29 is 4.79 Å². The lowest BCUT2D eigenvalue weighted by Gasteiger charge is -2.17. The highest BCUT2D eigenvalue weighted by Gasteiger charge is 2.38. The average Bonchev–Trinajstić information content (AvgIpc) is 2.85. The molecule has 2 aromatic rings. The molecule has 1 N–H and O–H groups in total. The second-order valence-corrected chi connectivity index (χ2v) is 6.39. The normalized spacial score (nSPS) is 24.3. The Morgan fingerprint density at radius 2 is 1.77 bits per heavy atom. The van der Waals surface area contributed by atoms with Crippen LogP contribution in [0.3, 0.4) is 0 Å². The van der Waals surface area contributed by atoms with Crippen LogP contribution in [0.2, 0.25) is 0 Å². The first-order valence-corrected chi connectivity index (χ1v) is 7.94. The number of hydrogen-bond acceptors (Lipinski definition) is 2. The Morgan fingerprint density at radius 3 is 2.64 bits per heavy atom. The van der Waals surface area contributed by atoms with Gasteiger partial charge in [0.1, 0.15) is 0 Å². The molecule has 3 heteroatoms. The van der Waals surface area contributed by atoms with Crippen LogP contribution >= 0.6 is 0 Å². The van der Waals surface area contributed by atoms with Gasteiger partial charge in [-0.1, -0.05) is 48.5 Å². The molecule has 1 saturated heterocycles. The van der Waals surface area contributed by atoms with Crippen molar-refractivity contribution in [2.75, 3.05) is 18.4 Å². The number of nitrogens with one attached hydrogen (secondary N) is 1. The number of carbonyl (C=O) groups is 1. The van der Waals surface area contributed by atoms with E-state index >= 15 is 0 Å². The Hall–Kier alpha value is -2.13. The van der Waals surface area contributed by atoms with Crippen molar-refractivity contribution >= 4 is 11.6 Å². The molecule has 0 aliphatic carbocycles. The maximum absolute atomic E-state index is 12.1. The molecule has 2 aromatic carbocycles. The van der Waals surface area contributed by atoms with Gasteiger partial charge in [0.05, 0.1) is 0 Å². The predicted molar refractivity (Wildman–Crippen MR) is 87.6 cm³/mol. The third-order valence-electron chi connectivity index (χ3n) is 4.85. The summed E-state index contributed by atoms with van der Waals surface area (Å²) < 4.78 is 0. The SMILES string of the molecule is O=C1C[C@H]2CN(Cc3ccccc3)C[C@@H]2c2ccccc2N1. The van der Waals surface area contributed by atoms with Crippen LogP contribution in [-0.2, 0) is 11.3 Å². The Balaban J connectivity index is 1.59. The van der Waals surface area contributed by atoms with Gasteiger partial charge in [-0.15, -0.1) is 0 Å². The quantitative estimate of drug-likeness (QED) is 0.921. The molecule has 0 spiro atoms. The van der Waals surface area contributed by atoms with Gasteiger partial charge >= 0.3 is 0 Å². The molecule has 0 aromatic heterocycles. The lowest BCUT2D eigenvalue weighted by atomic mass is 9.87. The molecule has 2 heterocycles. The molecule has 0 saturated carbocycles. The van der Waals surface area contributed by atoms with E-state index in [4.69, 9.17) is 0 Å². The summed E-state index contributed by atoms with van der Waals surface area (Å²) in [6.07, 6.45) is 0.630. The number of benzene rings is 2. The minimum absolute atomic E-state index is 0.154. The van der Waals surface area contributed by atoms with Crippen molar-refractivity contribution in [3.63, 3.8) is 0 Å². The minimum Gasteiger partial charge on any atom is -0.326 e. The van der Waals surface area contributed by atoms with Gasteiger partial charge in [-0.2, -0.15) is 0 Å². The maximum atomic E-state index is 12.1. The highest BCUT2D eigenvalue weighted by Crippen LogP contribution is 2.40. The van der Waals surface area contributed by atoms with Crippen molar-refractivity contribution in [1.82, 2.24) is 4.90 Å².